The van der Waals surface area contributed by atoms with Gasteiger partial charge in [0, 0.05) is 30.6 Å². The van der Waals surface area contributed by atoms with Gasteiger partial charge >= 0.3 is 0 Å². The van der Waals surface area contributed by atoms with Crippen LogP contribution in [-0.2, 0) is 14.8 Å². The number of carbonyl (C=O) groups is 1. The number of nitrogens with one attached hydrogen (secondary N) is 3. The van der Waals surface area contributed by atoms with E-state index in [-0.39, 0.29) is 34.9 Å². The van der Waals surface area contributed by atoms with Crippen molar-refractivity contribution in [3.8, 4) is 17.0 Å². The van der Waals surface area contributed by atoms with Crippen LogP contribution < -0.4 is 20.1 Å². The Hall–Kier alpha value is -4.26. The Labute approximate surface area is 194 Å². The van der Waals surface area contributed by atoms with Crippen molar-refractivity contribution in [1.29, 1.82) is 0 Å². The zero-order chi connectivity index (χ0) is 24.3. The summed E-state index contributed by atoms with van der Waals surface area (Å²) in [5.74, 6) is -0.409. The molecule has 1 amide bonds. The summed E-state index contributed by atoms with van der Waals surface area (Å²) >= 11 is 0. The number of nitrogens with zero attached hydrogens (tertiary/aromatic N) is 4. The highest BCUT2D eigenvalue weighted by Gasteiger charge is 2.18. The van der Waals surface area contributed by atoms with Gasteiger partial charge in [0.2, 0.25) is 17.7 Å². The van der Waals surface area contributed by atoms with Crippen LogP contribution in [0.2, 0.25) is 0 Å². The van der Waals surface area contributed by atoms with Crippen molar-refractivity contribution in [1.82, 2.24) is 24.9 Å². The molecule has 0 bridgehead atoms. The van der Waals surface area contributed by atoms with Crippen LogP contribution in [0.4, 0.5) is 16.0 Å². The Morgan fingerprint density at radius 1 is 1.15 bits per heavy atom. The van der Waals surface area contributed by atoms with Crippen molar-refractivity contribution in [3.05, 3.63) is 60.7 Å². The van der Waals surface area contributed by atoms with Crippen molar-refractivity contribution in [2.45, 2.75) is 4.90 Å². The van der Waals surface area contributed by atoms with Gasteiger partial charge in [-0.15, -0.1) is 5.10 Å². The lowest BCUT2D eigenvalue weighted by Gasteiger charge is -2.13. The van der Waals surface area contributed by atoms with Gasteiger partial charge in [-0.2, -0.15) is 4.98 Å². The summed E-state index contributed by atoms with van der Waals surface area (Å²) in [5.41, 5.74) is 1.90. The smallest absolute Gasteiger partial charge is 0.262 e. The molecular weight excluding hydrogens is 465 g/mol. The highest BCUT2D eigenvalue weighted by Crippen LogP contribution is 2.30. The van der Waals surface area contributed by atoms with E-state index < -0.39 is 15.8 Å². The van der Waals surface area contributed by atoms with Gasteiger partial charge in [0.05, 0.1) is 18.6 Å². The minimum absolute atomic E-state index is 0.0280. The summed E-state index contributed by atoms with van der Waals surface area (Å²) in [6.07, 6.45) is 3.21. The van der Waals surface area contributed by atoms with Crippen LogP contribution in [0.25, 0.3) is 16.8 Å². The first-order valence-electron chi connectivity index (χ1n) is 9.93. The van der Waals surface area contributed by atoms with E-state index in [4.69, 9.17) is 4.74 Å². The lowest BCUT2D eigenvalue weighted by molar-refractivity contribution is -0.118. The molecular formula is C21H20FN7O4S. The topological polar surface area (TPSA) is 140 Å². The Balaban J connectivity index is 1.64. The van der Waals surface area contributed by atoms with E-state index in [1.165, 1.54) is 24.9 Å². The number of carbonyl (C=O) groups excluding carboxylic acids is 1. The van der Waals surface area contributed by atoms with Crippen LogP contribution in [0.5, 0.6) is 5.88 Å². The number of fused-ring (bicyclic) bond motifs is 1. The zero-order valence-electron chi connectivity index (χ0n) is 18.1. The van der Waals surface area contributed by atoms with Gasteiger partial charge in [-0.1, -0.05) is 0 Å². The molecule has 0 spiro atoms. The average Bonchev–Trinajstić information content (AvgIpc) is 3.24. The van der Waals surface area contributed by atoms with Gasteiger partial charge in [-0.3, -0.25) is 9.52 Å². The van der Waals surface area contributed by atoms with Gasteiger partial charge in [-0.25, -0.2) is 22.3 Å². The highest BCUT2D eigenvalue weighted by molar-refractivity contribution is 7.92. The first-order chi connectivity index (χ1) is 16.3. The van der Waals surface area contributed by atoms with E-state index in [9.17, 15) is 17.6 Å². The third-order valence-corrected chi connectivity index (χ3v) is 6.14. The molecule has 34 heavy (non-hydrogen) atoms. The van der Waals surface area contributed by atoms with E-state index in [2.05, 4.69) is 30.4 Å². The van der Waals surface area contributed by atoms with Crippen LogP contribution in [0.3, 0.4) is 0 Å². The quantitative estimate of drug-likeness (QED) is 0.344. The fourth-order valence-corrected chi connectivity index (χ4v) is 4.09. The fourth-order valence-electron chi connectivity index (χ4n) is 3.04. The first-order valence-corrected chi connectivity index (χ1v) is 11.4. The monoisotopic (exact) mass is 485 g/mol. The minimum atomic E-state index is -4.01. The van der Waals surface area contributed by atoms with E-state index in [1.807, 2.05) is 0 Å². The van der Waals surface area contributed by atoms with Crippen molar-refractivity contribution in [2.24, 2.45) is 0 Å². The maximum Gasteiger partial charge on any atom is 0.262 e. The Morgan fingerprint density at radius 3 is 2.62 bits per heavy atom. The summed E-state index contributed by atoms with van der Waals surface area (Å²) in [5, 5.41) is 9.62. The van der Waals surface area contributed by atoms with Crippen molar-refractivity contribution in [3.63, 3.8) is 0 Å². The molecule has 0 unspecified atom stereocenters. The third-order valence-electron chi connectivity index (χ3n) is 4.76. The van der Waals surface area contributed by atoms with Crippen LogP contribution in [0.15, 0.2) is 59.8 Å². The number of rotatable bonds is 8. The molecule has 3 N–H and O–H groups in total. The molecule has 0 saturated carbocycles. The number of pyridine rings is 2. The number of hydrogen-bond donors (Lipinski definition) is 3. The standard InChI is InChI=1S/C21H20FN7O4S/c1-23-19(30)11-25-21-26-18-8-3-13(12-29(18)27-21)14-9-17(20(33-2)24-10-14)28-34(31,32)16-6-4-15(22)5-7-16/h3-10,12,28H,11H2,1-2H3,(H,23,30)(H,25,27). The molecule has 0 aliphatic carbocycles. The summed E-state index contributed by atoms with van der Waals surface area (Å²) < 4.78 is 47.9. The predicted molar refractivity (Wildman–Crippen MR) is 123 cm³/mol. The number of halogens is 1. The largest absolute Gasteiger partial charge is 0.480 e. The van der Waals surface area contributed by atoms with Gasteiger partial charge in [0.25, 0.3) is 10.0 Å². The second-order valence-electron chi connectivity index (χ2n) is 7.02. The van der Waals surface area contributed by atoms with Crippen LogP contribution in [0.1, 0.15) is 0 Å². The molecule has 0 fully saturated rings. The summed E-state index contributed by atoms with van der Waals surface area (Å²) in [6, 6.07) is 9.51. The number of aromatic nitrogens is 4. The number of benzene rings is 1. The van der Waals surface area contributed by atoms with Crippen molar-refractivity contribution >= 4 is 33.2 Å². The Morgan fingerprint density at radius 2 is 1.91 bits per heavy atom. The highest BCUT2D eigenvalue weighted by atomic mass is 32.2. The maximum absolute atomic E-state index is 13.2. The van der Waals surface area contributed by atoms with Crippen LogP contribution in [0, 0.1) is 5.82 Å². The van der Waals surface area contributed by atoms with Gasteiger partial charge in [0.1, 0.15) is 11.5 Å². The molecule has 13 heteroatoms. The lowest BCUT2D eigenvalue weighted by atomic mass is 10.1. The number of methoxy groups -OCH3 is 1. The molecule has 3 aromatic heterocycles. The van der Waals surface area contributed by atoms with Crippen LogP contribution >= 0.6 is 0 Å². The number of ether oxygens (including phenoxy) is 1. The van der Waals surface area contributed by atoms with E-state index >= 15 is 0 Å². The summed E-state index contributed by atoms with van der Waals surface area (Å²) in [7, 11) is -1.11. The molecule has 0 radical (unpaired) electrons. The molecule has 176 valence electrons. The first kappa shape index (κ1) is 22.9. The molecule has 3 heterocycles. The Bertz CT molecular complexity index is 1460. The summed E-state index contributed by atoms with van der Waals surface area (Å²) in [6.45, 7) is 0.0280. The van der Waals surface area contributed by atoms with Crippen molar-refractivity contribution < 1.29 is 22.3 Å². The van der Waals surface area contributed by atoms with Gasteiger partial charge in [-0.05, 0) is 42.5 Å². The SMILES string of the molecule is CNC(=O)CNc1nc2ccc(-c3cnc(OC)c(NS(=O)(=O)c4ccc(F)cc4)c3)cn2n1. The number of hydrogen-bond acceptors (Lipinski definition) is 8. The number of amides is 1. The molecule has 0 aliphatic heterocycles. The fraction of sp³-hybridized carbons (Fsp3) is 0.143. The van der Waals surface area contributed by atoms with Gasteiger partial charge < -0.3 is 15.4 Å². The van der Waals surface area contributed by atoms with E-state index in [0.717, 1.165) is 24.3 Å². The minimum Gasteiger partial charge on any atom is -0.480 e. The second kappa shape index (κ2) is 9.31. The molecule has 4 aromatic rings. The lowest BCUT2D eigenvalue weighted by Crippen LogP contribution is -2.26. The van der Waals surface area contributed by atoms with E-state index in [0.29, 0.717) is 16.8 Å². The second-order valence-corrected chi connectivity index (χ2v) is 8.71. The Kier molecular flexibility index (Phi) is 6.27. The summed E-state index contributed by atoms with van der Waals surface area (Å²) in [4.78, 5) is 19.8. The van der Waals surface area contributed by atoms with Gasteiger partial charge in [0.15, 0.2) is 5.65 Å². The normalized spacial score (nSPS) is 11.3. The van der Waals surface area contributed by atoms with Crippen LogP contribution in [-0.4, -0.2) is 54.6 Å². The molecule has 0 saturated heterocycles. The average molecular weight is 486 g/mol. The molecule has 0 aliphatic rings. The molecule has 4 rings (SSSR count). The zero-order valence-corrected chi connectivity index (χ0v) is 18.9. The predicted octanol–water partition coefficient (Wildman–Crippen LogP) is 1.90. The maximum atomic E-state index is 13.2. The molecule has 0 atom stereocenters. The van der Waals surface area contributed by atoms with E-state index in [1.54, 1.807) is 24.4 Å². The number of sulfonamides is 1. The number of likely N-dealkylation sites (N-methyl/N-ethyl adjacent to an activating group) is 1. The molecule has 11 nitrogen and oxygen atoms in total. The number of anilines is 2. The van der Waals surface area contributed by atoms with Crippen molar-refractivity contribution in [2.75, 3.05) is 30.7 Å². The molecule has 1 aromatic carbocycles. The third kappa shape index (κ3) is 4.88.